The van der Waals surface area contributed by atoms with E-state index in [0.717, 1.165) is 0 Å². The zero-order valence-electron chi connectivity index (χ0n) is 10.0. The Morgan fingerprint density at radius 2 is 2.47 bits per heavy atom. The molecule has 1 rings (SSSR count). The molecule has 5 heteroatoms. The molecule has 1 amide bonds. The molecule has 92 valence electrons. The van der Waals surface area contributed by atoms with Crippen molar-refractivity contribution in [3.63, 3.8) is 0 Å². The fourth-order valence-corrected chi connectivity index (χ4v) is 1.40. The van der Waals surface area contributed by atoms with Crippen LogP contribution in [0.4, 0.5) is 0 Å². The van der Waals surface area contributed by atoms with Gasteiger partial charge in [0, 0.05) is 13.7 Å². The minimum atomic E-state index is -0.511. The van der Waals surface area contributed by atoms with E-state index in [1.807, 2.05) is 6.07 Å². The van der Waals surface area contributed by atoms with Gasteiger partial charge < -0.3 is 14.1 Å². The third kappa shape index (κ3) is 3.93. The molecule has 0 aliphatic carbocycles. The van der Waals surface area contributed by atoms with Gasteiger partial charge in [0.15, 0.2) is 0 Å². The van der Waals surface area contributed by atoms with Crippen molar-refractivity contribution in [3.8, 4) is 6.07 Å². The molecule has 1 aromatic rings. The average molecular weight is 236 g/mol. The highest BCUT2D eigenvalue weighted by atomic mass is 16.5. The predicted octanol–water partition coefficient (Wildman–Crippen LogP) is 1.56. The van der Waals surface area contributed by atoms with Gasteiger partial charge in [0.1, 0.15) is 11.9 Å². The van der Waals surface area contributed by atoms with E-state index in [2.05, 4.69) is 0 Å². The number of ether oxygens (including phenoxy) is 1. The van der Waals surface area contributed by atoms with Gasteiger partial charge in [-0.3, -0.25) is 4.79 Å². The van der Waals surface area contributed by atoms with Crippen LogP contribution in [0.5, 0.6) is 0 Å². The van der Waals surface area contributed by atoms with Crippen molar-refractivity contribution in [2.75, 3.05) is 13.7 Å². The molecule has 1 unspecified atom stereocenters. The first kappa shape index (κ1) is 13.3. The van der Waals surface area contributed by atoms with E-state index in [0.29, 0.717) is 25.3 Å². The lowest BCUT2D eigenvalue weighted by molar-refractivity contribution is -0.141. The number of furan rings is 1. The van der Waals surface area contributed by atoms with E-state index in [1.54, 1.807) is 30.2 Å². The molecule has 5 nitrogen and oxygen atoms in total. The number of carbonyl (C=O) groups excluding carboxylic acids is 1. The number of nitrogens with zero attached hydrogens (tertiary/aromatic N) is 2. The standard InChI is InChI=1S/C12H16N2O3/c1-10(16-2)12(15)14(7-4-6-13)9-11-5-3-8-17-11/h3,5,8,10H,4,7,9H2,1-2H3. The highest BCUT2D eigenvalue weighted by Gasteiger charge is 2.20. The summed E-state index contributed by atoms with van der Waals surface area (Å²) >= 11 is 0. The maximum absolute atomic E-state index is 12.0. The van der Waals surface area contributed by atoms with Gasteiger partial charge in [-0.1, -0.05) is 0 Å². The van der Waals surface area contributed by atoms with Gasteiger partial charge in [-0.05, 0) is 19.1 Å². The van der Waals surface area contributed by atoms with Crippen molar-refractivity contribution in [1.82, 2.24) is 4.90 Å². The smallest absolute Gasteiger partial charge is 0.251 e. The highest BCUT2D eigenvalue weighted by molar-refractivity contribution is 5.80. The number of amides is 1. The van der Waals surface area contributed by atoms with E-state index < -0.39 is 6.10 Å². The summed E-state index contributed by atoms with van der Waals surface area (Å²) in [6, 6.07) is 5.59. The van der Waals surface area contributed by atoms with Crippen LogP contribution in [0.25, 0.3) is 0 Å². The second kappa shape index (κ2) is 6.71. The molecule has 1 aromatic heterocycles. The largest absolute Gasteiger partial charge is 0.467 e. The third-order valence-electron chi connectivity index (χ3n) is 2.43. The Morgan fingerprint density at radius 3 is 3.00 bits per heavy atom. The molecular weight excluding hydrogens is 220 g/mol. The van der Waals surface area contributed by atoms with Crippen LogP contribution in [0.3, 0.4) is 0 Å². The molecule has 1 atom stereocenters. The number of carbonyl (C=O) groups is 1. The van der Waals surface area contributed by atoms with Gasteiger partial charge in [0.05, 0.1) is 25.3 Å². The fourth-order valence-electron chi connectivity index (χ4n) is 1.40. The summed E-state index contributed by atoms with van der Waals surface area (Å²) in [5, 5.41) is 8.58. The summed E-state index contributed by atoms with van der Waals surface area (Å²) < 4.78 is 10.2. The van der Waals surface area contributed by atoms with Crippen LogP contribution < -0.4 is 0 Å². The summed E-state index contributed by atoms with van der Waals surface area (Å²) in [7, 11) is 1.48. The Morgan fingerprint density at radius 1 is 1.71 bits per heavy atom. The molecule has 0 aromatic carbocycles. The summed E-state index contributed by atoms with van der Waals surface area (Å²) in [4.78, 5) is 13.5. The normalized spacial score (nSPS) is 11.8. The topological polar surface area (TPSA) is 66.5 Å². The van der Waals surface area contributed by atoms with Gasteiger partial charge in [-0.25, -0.2) is 0 Å². The molecule has 0 saturated heterocycles. The van der Waals surface area contributed by atoms with Crippen LogP contribution in [0.15, 0.2) is 22.8 Å². The molecule has 1 heterocycles. The Labute approximate surface area is 101 Å². The van der Waals surface area contributed by atoms with Crippen molar-refractivity contribution in [1.29, 1.82) is 5.26 Å². The van der Waals surface area contributed by atoms with Gasteiger partial charge >= 0.3 is 0 Å². The summed E-state index contributed by atoms with van der Waals surface area (Å²) in [5.41, 5.74) is 0. The van der Waals surface area contributed by atoms with Crippen LogP contribution in [0.2, 0.25) is 0 Å². The SMILES string of the molecule is COC(C)C(=O)N(CCC#N)Cc1ccco1. The number of rotatable bonds is 6. The molecule has 0 bridgehead atoms. The molecule has 17 heavy (non-hydrogen) atoms. The van der Waals surface area contributed by atoms with Crippen molar-refractivity contribution >= 4 is 5.91 Å². The lowest BCUT2D eigenvalue weighted by Gasteiger charge is -2.23. The minimum absolute atomic E-state index is 0.140. The quantitative estimate of drug-likeness (QED) is 0.751. The van der Waals surface area contributed by atoms with Gasteiger partial charge in [-0.2, -0.15) is 5.26 Å². The monoisotopic (exact) mass is 236 g/mol. The zero-order chi connectivity index (χ0) is 12.7. The van der Waals surface area contributed by atoms with Crippen molar-refractivity contribution in [2.45, 2.75) is 26.0 Å². The number of nitriles is 1. The Bertz CT molecular complexity index is 381. The number of hydrogen-bond acceptors (Lipinski definition) is 4. The number of hydrogen-bond donors (Lipinski definition) is 0. The fraction of sp³-hybridized carbons (Fsp3) is 0.500. The van der Waals surface area contributed by atoms with E-state index in [4.69, 9.17) is 14.4 Å². The van der Waals surface area contributed by atoms with E-state index in [1.165, 1.54) is 7.11 Å². The molecular formula is C12H16N2O3. The first-order valence-corrected chi connectivity index (χ1v) is 5.40. The molecule has 0 N–H and O–H groups in total. The Hall–Kier alpha value is -1.80. The second-order valence-corrected chi connectivity index (χ2v) is 3.63. The van der Waals surface area contributed by atoms with Crippen LogP contribution in [-0.2, 0) is 16.1 Å². The van der Waals surface area contributed by atoms with Crippen molar-refractivity contribution < 1.29 is 13.9 Å². The first-order chi connectivity index (χ1) is 8.19. The predicted molar refractivity (Wildman–Crippen MR) is 60.8 cm³/mol. The minimum Gasteiger partial charge on any atom is -0.467 e. The Balaban J connectivity index is 2.66. The second-order valence-electron chi connectivity index (χ2n) is 3.63. The van der Waals surface area contributed by atoms with Crippen LogP contribution in [-0.4, -0.2) is 30.6 Å². The van der Waals surface area contributed by atoms with E-state index in [9.17, 15) is 4.79 Å². The third-order valence-corrected chi connectivity index (χ3v) is 2.43. The van der Waals surface area contributed by atoms with Gasteiger partial charge in [-0.15, -0.1) is 0 Å². The van der Waals surface area contributed by atoms with Crippen LogP contribution >= 0.6 is 0 Å². The molecule has 0 fully saturated rings. The lowest BCUT2D eigenvalue weighted by Crippen LogP contribution is -2.38. The maximum Gasteiger partial charge on any atom is 0.251 e. The van der Waals surface area contributed by atoms with E-state index in [-0.39, 0.29) is 5.91 Å². The van der Waals surface area contributed by atoms with Crippen LogP contribution in [0.1, 0.15) is 19.1 Å². The van der Waals surface area contributed by atoms with Crippen LogP contribution in [0, 0.1) is 11.3 Å². The molecule has 0 aliphatic rings. The van der Waals surface area contributed by atoms with Gasteiger partial charge in [0.2, 0.25) is 0 Å². The lowest BCUT2D eigenvalue weighted by atomic mass is 10.3. The van der Waals surface area contributed by atoms with E-state index >= 15 is 0 Å². The molecule has 0 radical (unpaired) electrons. The summed E-state index contributed by atoms with van der Waals surface area (Å²) in [6.45, 7) is 2.43. The van der Waals surface area contributed by atoms with Crippen molar-refractivity contribution in [2.24, 2.45) is 0 Å². The zero-order valence-corrected chi connectivity index (χ0v) is 10.0. The maximum atomic E-state index is 12.0. The Kier molecular flexibility index (Phi) is 5.24. The highest BCUT2D eigenvalue weighted by Crippen LogP contribution is 2.08. The van der Waals surface area contributed by atoms with Crippen molar-refractivity contribution in [3.05, 3.63) is 24.2 Å². The summed E-state index contributed by atoms with van der Waals surface area (Å²) in [5.74, 6) is 0.554. The summed E-state index contributed by atoms with van der Waals surface area (Å²) in [6.07, 6.45) is 1.34. The average Bonchev–Trinajstić information content (AvgIpc) is 2.85. The molecule has 0 aliphatic heterocycles. The first-order valence-electron chi connectivity index (χ1n) is 5.40. The molecule has 0 saturated carbocycles. The van der Waals surface area contributed by atoms with Gasteiger partial charge in [0.25, 0.3) is 5.91 Å². The number of methoxy groups -OCH3 is 1. The molecule has 0 spiro atoms.